The predicted octanol–water partition coefficient (Wildman–Crippen LogP) is 4.29. The molecule has 1 saturated heterocycles. The Labute approximate surface area is 149 Å². The summed E-state index contributed by atoms with van der Waals surface area (Å²) in [5.74, 6) is 0.760. The molecule has 2 unspecified atom stereocenters. The number of carbonyl (C=O) groups excluding carboxylic acids is 2. The third kappa shape index (κ3) is 4.90. The minimum atomic E-state index is -0.288. The molecule has 0 bridgehead atoms. The van der Waals surface area contributed by atoms with Crippen LogP contribution in [0, 0.1) is 11.7 Å². The molecule has 1 amide bonds. The molecule has 1 aliphatic heterocycles. The van der Waals surface area contributed by atoms with E-state index in [1.54, 1.807) is 12.1 Å². The zero-order valence-corrected chi connectivity index (χ0v) is 14.9. The lowest BCUT2D eigenvalue weighted by Gasteiger charge is -2.44. The fourth-order valence-electron chi connectivity index (χ4n) is 4.43. The molecule has 3 nitrogen and oxygen atoms in total. The highest BCUT2D eigenvalue weighted by molar-refractivity contribution is 5.82. The van der Waals surface area contributed by atoms with E-state index >= 15 is 0 Å². The first-order valence-electron chi connectivity index (χ1n) is 9.69. The summed E-state index contributed by atoms with van der Waals surface area (Å²) in [5, 5.41) is 0. The number of likely N-dealkylation sites (tertiary alicyclic amines) is 1. The van der Waals surface area contributed by atoms with Crippen molar-refractivity contribution >= 4 is 11.7 Å². The molecule has 0 radical (unpaired) electrons. The summed E-state index contributed by atoms with van der Waals surface area (Å²) >= 11 is 0. The molecular formula is C21H28FNO2. The van der Waals surface area contributed by atoms with Gasteiger partial charge in [0.25, 0.3) is 0 Å². The highest BCUT2D eigenvalue weighted by Crippen LogP contribution is 2.35. The molecule has 136 valence electrons. The number of hydrogen-bond donors (Lipinski definition) is 0. The van der Waals surface area contributed by atoms with Crippen LogP contribution in [0.15, 0.2) is 24.3 Å². The van der Waals surface area contributed by atoms with Gasteiger partial charge in [-0.05, 0) is 55.7 Å². The number of halogens is 1. The molecule has 0 N–H and O–H groups in total. The summed E-state index contributed by atoms with van der Waals surface area (Å²) in [4.78, 5) is 26.8. The standard InChI is InChI=1S/C21H28FNO2/c22-18-12-10-16(11-13-18)15-19(24)7-3-9-21(25)23-14-4-6-17-5-1-2-8-20(17)23/h10-13,17,20H,1-9,14-15H2. The first-order chi connectivity index (χ1) is 12.1. The summed E-state index contributed by atoms with van der Waals surface area (Å²) in [5.41, 5.74) is 0.832. The normalized spacial score (nSPS) is 23.2. The Morgan fingerprint density at radius 2 is 1.72 bits per heavy atom. The van der Waals surface area contributed by atoms with Crippen LogP contribution in [0.25, 0.3) is 0 Å². The van der Waals surface area contributed by atoms with E-state index in [1.165, 1.54) is 37.8 Å². The van der Waals surface area contributed by atoms with Crippen molar-refractivity contribution < 1.29 is 14.0 Å². The number of nitrogens with zero attached hydrogens (tertiary/aromatic N) is 1. The predicted molar refractivity (Wildman–Crippen MR) is 95.7 cm³/mol. The molecule has 1 heterocycles. The average Bonchev–Trinajstić information content (AvgIpc) is 2.63. The summed E-state index contributed by atoms with van der Waals surface area (Å²) in [6.45, 7) is 0.892. The molecule has 2 fully saturated rings. The number of amides is 1. The summed E-state index contributed by atoms with van der Waals surface area (Å²) < 4.78 is 12.9. The summed E-state index contributed by atoms with van der Waals surface area (Å²) in [6, 6.07) is 6.50. The molecule has 1 aromatic carbocycles. The van der Waals surface area contributed by atoms with Crippen molar-refractivity contribution in [2.45, 2.75) is 70.3 Å². The van der Waals surface area contributed by atoms with Gasteiger partial charge in [-0.15, -0.1) is 0 Å². The van der Waals surface area contributed by atoms with Gasteiger partial charge in [-0.1, -0.05) is 25.0 Å². The Kier molecular flexibility index (Phi) is 6.22. The Morgan fingerprint density at radius 1 is 1.00 bits per heavy atom. The van der Waals surface area contributed by atoms with E-state index in [4.69, 9.17) is 0 Å². The maximum absolute atomic E-state index is 12.9. The lowest BCUT2D eigenvalue weighted by Crippen LogP contribution is -2.49. The fourth-order valence-corrected chi connectivity index (χ4v) is 4.43. The van der Waals surface area contributed by atoms with Gasteiger partial charge < -0.3 is 4.90 Å². The third-order valence-corrected chi connectivity index (χ3v) is 5.72. The smallest absolute Gasteiger partial charge is 0.222 e. The second-order valence-electron chi connectivity index (χ2n) is 7.54. The SMILES string of the molecule is O=C(CCCC(=O)N1CCCC2CCCCC21)Cc1ccc(F)cc1. The van der Waals surface area contributed by atoms with Crippen LogP contribution in [0.3, 0.4) is 0 Å². The van der Waals surface area contributed by atoms with E-state index in [1.807, 2.05) is 0 Å². The van der Waals surface area contributed by atoms with Crippen molar-refractivity contribution in [3.63, 3.8) is 0 Å². The van der Waals surface area contributed by atoms with Crippen LogP contribution in [0.1, 0.15) is 63.4 Å². The van der Waals surface area contributed by atoms with Crippen molar-refractivity contribution in [2.75, 3.05) is 6.54 Å². The molecular weight excluding hydrogens is 317 g/mol. The van der Waals surface area contributed by atoms with E-state index in [0.29, 0.717) is 37.6 Å². The third-order valence-electron chi connectivity index (χ3n) is 5.72. The molecule has 0 aromatic heterocycles. The number of carbonyl (C=O) groups is 2. The Bertz CT molecular complexity index is 596. The van der Waals surface area contributed by atoms with Crippen LogP contribution in [0.5, 0.6) is 0 Å². The van der Waals surface area contributed by atoms with Gasteiger partial charge in [0.1, 0.15) is 11.6 Å². The van der Waals surface area contributed by atoms with Gasteiger partial charge in [0.2, 0.25) is 5.91 Å². The van der Waals surface area contributed by atoms with E-state index < -0.39 is 0 Å². The zero-order chi connectivity index (χ0) is 17.6. The van der Waals surface area contributed by atoms with Crippen LogP contribution in [0.4, 0.5) is 4.39 Å². The maximum atomic E-state index is 12.9. The monoisotopic (exact) mass is 345 g/mol. The molecule has 2 aliphatic rings. The molecule has 0 spiro atoms. The molecule has 1 aromatic rings. The van der Waals surface area contributed by atoms with Crippen LogP contribution in [-0.4, -0.2) is 29.2 Å². The van der Waals surface area contributed by atoms with Crippen molar-refractivity contribution in [1.29, 1.82) is 0 Å². The average molecular weight is 345 g/mol. The second-order valence-corrected chi connectivity index (χ2v) is 7.54. The van der Waals surface area contributed by atoms with E-state index in [0.717, 1.165) is 24.9 Å². The number of benzene rings is 1. The largest absolute Gasteiger partial charge is 0.339 e. The quantitative estimate of drug-likeness (QED) is 0.771. The Balaban J connectivity index is 1.42. The Morgan fingerprint density at radius 3 is 2.52 bits per heavy atom. The number of rotatable bonds is 6. The second kappa shape index (κ2) is 8.59. The van der Waals surface area contributed by atoms with Crippen molar-refractivity contribution in [3.8, 4) is 0 Å². The number of ketones is 1. The number of fused-ring (bicyclic) bond motifs is 1. The molecule has 1 aliphatic carbocycles. The van der Waals surface area contributed by atoms with Crippen LogP contribution < -0.4 is 0 Å². The molecule has 25 heavy (non-hydrogen) atoms. The van der Waals surface area contributed by atoms with Crippen LogP contribution in [0.2, 0.25) is 0 Å². The van der Waals surface area contributed by atoms with Gasteiger partial charge in [-0.3, -0.25) is 9.59 Å². The number of hydrogen-bond acceptors (Lipinski definition) is 2. The highest BCUT2D eigenvalue weighted by Gasteiger charge is 2.35. The van der Waals surface area contributed by atoms with E-state index in [2.05, 4.69) is 4.90 Å². The van der Waals surface area contributed by atoms with E-state index in [-0.39, 0.29) is 17.5 Å². The molecule has 2 atom stereocenters. The lowest BCUT2D eigenvalue weighted by molar-refractivity contribution is -0.137. The zero-order valence-electron chi connectivity index (χ0n) is 14.9. The summed E-state index contributed by atoms with van der Waals surface area (Å²) in [6.07, 6.45) is 9.19. The van der Waals surface area contributed by atoms with Gasteiger partial charge in [0.05, 0.1) is 0 Å². The fraction of sp³-hybridized carbons (Fsp3) is 0.619. The van der Waals surface area contributed by atoms with Gasteiger partial charge >= 0.3 is 0 Å². The topological polar surface area (TPSA) is 37.4 Å². The summed E-state index contributed by atoms with van der Waals surface area (Å²) in [7, 11) is 0. The number of Topliss-reactive ketones (excluding diaryl/α,β-unsaturated/α-hetero) is 1. The highest BCUT2D eigenvalue weighted by atomic mass is 19.1. The van der Waals surface area contributed by atoms with Crippen LogP contribution >= 0.6 is 0 Å². The van der Waals surface area contributed by atoms with Gasteiger partial charge in [-0.2, -0.15) is 0 Å². The minimum absolute atomic E-state index is 0.119. The first kappa shape index (κ1) is 18.1. The van der Waals surface area contributed by atoms with Gasteiger partial charge in [0, 0.05) is 31.8 Å². The van der Waals surface area contributed by atoms with Crippen molar-refractivity contribution in [1.82, 2.24) is 4.90 Å². The lowest BCUT2D eigenvalue weighted by atomic mass is 9.78. The van der Waals surface area contributed by atoms with Gasteiger partial charge in [0.15, 0.2) is 0 Å². The molecule has 1 saturated carbocycles. The maximum Gasteiger partial charge on any atom is 0.222 e. The Hall–Kier alpha value is -1.71. The molecule has 4 heteroatoms. The first-order valence-corrected chi connectivity index (χ1v) is 9.69. The van der Waals surface area contributed by atoms with Gasteiger partial charge in [-0.25, -0.2) is 4.39 Å². The minimum Gasteiger partial charge on any atom is -0.339 e. The van der Waals surface area contributed by atoms with E-state index in [9.17, 15) is 14.0 Å². The molecule has 3 rings (SSSR count). The van der Waals surface area contributed by atoms with Crippen LogP contribution in [-0.2, 0) is 16.0 Å². The van der Waals surface area contributed by atoms with Crippen molar-refractivity contribution in [2.24, 2.45) is 5.92 Å². The number of piperidine rings is 1. The van der Waals surface area contributed by atoms with Crippen molar-refractivity contribution in [3.05, 3.63) is 35.6 Å².